The predicted molar refractivity (Wildman–Crippen MR) is 91.0 cm³/mol. The Bertz CT molecular complexity index is 788. The molecule has 0 saturated heterocycles. The Morgan fingerprint density at radius 2 is 1.62 bits per heavy atom. The number of anilines is 1. The lowest BCUT2D eigenvalue weighted by atomic mass is 9.97. The minimum atomic E-state index is 0.524. The molecule has 0 aliphatic rings. The molecular weight excluding hydrogens is 326 g/mol. The highest BCUT2D eigenvalue weighted by Crippen LogP contribution is 2.35. The van der Waals surface area contributed by atoms with E-state index in [0.29, 0.717) is 5.82 Å². The second kappa shape index (κ2) is 5.37. The van der Waals surface area contributed by atoms with E-state index in [-0.39, 0.29) is 0 Å². The van der Waals surface area contributed by atoms with Crippen LogP contribution < -0.4 is 5.73 Å². The normalized spacial score (nSPS) is 10.8. The van der Waals surface area contributed by atoms with Crippen LogP contribution in [-0.2, 0) is 0 Å². The zero-order valence-corrected chi connectivity index (χ0v) is 13.5. The Hall–Kier alpha value is -2.07. The number of nitrogens with one attached hydrogen (secondary N) is 1. The largest absolute Gasteiger partial charge is 0.382 e. The van der Waals surface area contributed by atoms with Crippen LogP contribution in [0.15, 0.2) is 46.9 Å². The van der Waals surface area contributed by atoms with Gasteiger partial charge in [-0.15, -0.1) is 0 Å². The van der Waals surface area contributed by atoms with Gasteiger partial charge in [-0.25, -0.2) is 0 Å². The lowest BCUT2D eigenvalue weighted by Crippen LogP contribution is -1.90. The van der Waals surface area contributed by atoms with E-state index in [1.54, 1.807) is 0 Å². The SMILES string of the molecule is Cc1ccc(-c2c(N)n[nH]c2-c2ccc(Br)cc2)cc1C. The van der Waals surface area contributed by atoms with Crippen LogP contribution >= 0.6 is 15.9 Å². The molecule has 1 heterocycles. The smallest absolute Gasteiger partial charge is 0.153 e. The van der Waals surface area contributed by atoms with Crippen molar-refractivity contribution in [2.24, 2.45) is 0 Å². The molecule has 3 nitrogen and oxygen atoms in total. The van der Waals surface area contributed by atoms with Crippen molar-refractivity contribution in [3.05, 3.63) is 58.1 Å². The molecule has 4 heteroatoms. The number of hydrogen-bond acceptors (Lipinski definition) is 2. The Morgan fingerprint density at radius 3 is 2.29 bits per heavy atom. The van der Waals surface area contributed by atoms with Crippen LogP contribution in [-0.4, -0.2) is 10.2 Å². The van der Waals surface area contributed by atoms with E-state index in [1.807, 2.05) is 24.3 Å². The number of H-pyrrole nitrogens is 1. The van der Waals surface area contributed by atoms with E-state index in [4.69, 9.17) is 5.73 Å². The summed E-state index contributed by atoms with van der Waals surface area (Å²) in [5, 5.41) is 7.24. The molecule has 3 N–H and O–H groups in total. The number of rotatable bonds is 2. The van der Waals surface area contributed by atoms with Gasteiger partial charge >= 0.3 is 0 Å². The fourth-order valence-corrected chi connectivity index (χ4v) is 2.63. The first-order chi connectivity index (χ1) is 10.1. The highest BCUT2D eigenvalue weighted by molar-refractivity contribution is 9.10. The first-order valence-corrected chi connectivity index (χ1v) is 7.53. The topological polar surface area (TPSA) is 54.7 Å². The van der Waals surface area contributed by atoms with E-state index in [9.17, 15) is 0 Å². The van der Waals surface area contributed by atoms with Gasteiger partial charge < -0.3 is 5.73 Å². The van der Waals surface area contributed by atoms with Gasteiger partial charge in [0.05, 0.1) is 11.3 Å². The maximum atomic E-state index is 6.08. The van der Waals surface area contributed by atoms with Crippen LogP contribution in [0.3, 0.4) is 0 Å². The molecule has 0 unspecified atom stereocenters. The fraction of sp³-hybridized carbons (Fsp3) is 0.118. The number of aromatic amines is 1. The molecule has 1 aromatic heterocycles. The van der Waals surface area contributed by atoms with Crippen molar-refractivity contribution in [1.82, 2.24) is 10.2 Å². The lowest BCUT2D eigenvalue weighted by Gasteiger charge is -2.08. The van der Waals surface area contributed by atoms with Crippen LogP contribution in [0, 0.1) is 13.8 Å². The quantitative estimate of drug-likeness (QED) is 0.709. The molecule has 0 amide bonds. The number of nitrogens with two attached hydrogens (primary N) is 1. The number of aromatic nitrogens is 2. The summed E-state index contributed by atoms with van der Waals surface area (Å²) in [6.07, 6.45) is 0. The van der Waals surface area contributed by atoms with Gasteiger partial charge in [0.25, 0.3) is 0 Å². The van der Waals surface area contributed by atoms with Crippen LogP contribution in [0.4, 0.5) is 5.82 Å². The van der Waals surface area contributed by atoms with Crippen molar-refractivity contribution >= 4 is 21.7 Å². The molecule has 0 saturated carbocycles. The van der Waals surface area contributed by atoms with Gasteiger partial charge in [0, 0.05) is 10.0 Å². The van der Waals surface area contributed by atoms with E-state index in [0.717, 1.165) is 26.9 Å². The number of halogens is 1. The molecule has 21 heavy (non-hydrogen) atoms. The Labute approximate surface area is 132 Å². The molecule has 0 bridgehead atoms. The lowest BCUT2D eigenvalue weighted by molar-refractivity contribution is 1.10. The van der Waals surface area contributed by atoms with Crippen molar-refractivity contribution in [2.75, 3.05) is 5.73 Å². The monoisotopic (exact) mass is 341 g/mol. The zero-order chi connectivity index (χ0) is 15.0. The third kappa shape index (κ3) is 2.59. The maximum absolute atomic E-state index is 6.08. The summed E-state index contributed by atoms with van der Waals surface area (Å²) in [4.78, 5) is 0. The number of benzene rings is 2. The van der Waals surface area contributed by atoms with E-state index < -0.39 is 0 Å². The summed E-state index contributed by atoms with van der Waals surface area (Å²) in [7, 11) is 0. The Balaban J connectivity index is 2.16. The Morgan fingerprint density at radius 1 is 0.952 bits per heavy atom. The minimum absolute atomic E-state index is 0.524. The molecular formula is C17H16BrN3. The summed E-state index contributed by atoms with van der Waals surface area (Å²) in [5.74, 6) is 0.524. The van der Waals surface area contributed by atoms with Crippen LogP contribution in [0.2, 0.25) is 0 Å². The molecule has 0 fully saturated rings. The summed E-state index contributed by atoms with van der Waals surface area (Å²) < 4.78 is 1.05. The second-order valence-corrected chi connectivity index (χ2v) is 6.08. The molecule has 0 spiro atoms. The molecule has 2 aromatic carbocycles. The number of nitrogen functional groups attached to an aromatic ring is 1. The number of nitrogens with zero attached hydrogens (tertiary/aromatic N) is 1. The van der Waals surface area contributed by atoms with Crippen molar-refractivity contribution in [3.63, 3.8) is 0 Å². The van der Waals surface area contributed by atoms with E-state index in [2.05, 4.69) is 58.2 Å². The van der Waals surface area contributed by atoms with Crippen molar-refractivity contribution in [2.45, 2.75) is 13.8 Å². The Kier molecular flexibility index (Phi) is 3.55. The molecule has 106 valence electrons. The van der Waals surface area contributed by atoms with Gasteiger partial charge in [-0.05, 0) is 42.7 Å². The molecule has 0 radical (unpaired) electrons. The third-order valence-electron chi connectivity index (χ3n) is 3.72. The molecule has 0 aliphatic carbocycles. The summed E-state index contributed by atoms with van der Waals surface area (Å²) >= 11 is 3.45. The van der Waals surface area contributed by atoms with Crippen LogP contribution in [0.5, 0.6) is 0 Å². The standard InChI is InChI=1S/C17H16BrN3/c1-10-3-4-13(9-11(10)2)15-16(20-21-17(15)19)12-5-7-14(18)8-6-12/h3-9H,1-2H3,(H3,19,20,21). The zero-order valence-electron chi connectivity index (χ0n) is 11.9. The van der Waals surface area contributed by atoms with Crippen LogP contribution in [0.25, 0.3) is 22.4 Å². The number of hydrogen-bond donors (Lipinski definition) is 2. The van der Waals surface area contributed by atoms with Crippen LogP contribution in [0.1, 0.15) is 11.1 Å². The minimum Gasteiger partial charge on any atom is -0.382 e. The van der Waals surface area contributed by atoms with Gasteiger partial charge in [-0.1, -0.05) is 46.3 Å². The molecule has 0 atom stereocenters. The highest BCUT2D eigenvalue weighted by atomic mass is 79.9. The first kappa shape index (κ1) is 13.9. The van der Waals surface area contributed by atoms with Crippen molar-refractivity contribution < 1.29 is 0 Å². The average Bonchev–Trinajstić information content (AvgIpc) is 2.85. The third-order valence-corrected chi connectivity index (χ3v) is 4.25. The highest BCUT2D eigenvalue weighted by Gasteiger charge is 2.15. The number of aryl methyl sites for hydroxylation is 2. The van der Waals surface area contributed by atoms with Gasteiger partial charge in [0.15, 0.2) is 5.82 Å². The predicted octanol–water partition coefficient (Wildman–Crippen LogP) is 4.71. The fourth-order valence-electron chi connectivity index (χ4n) is 2.37. The average molecular weight is 342 g/mol. The molecule has 0 aliphatic heterocycles. The maximum Gasteiger partial charge on any atom is 0.153 e. The van der Waals surface area contributed by atoms with Gasteiger partial charge in [0.1, 0.15) is 0 Å². The summed E-state index contributed by atoms with van der Waals surface area (Å²) in [5.41, 5.74) is 12.6. The second-order valence-electron chi connectivity index (χ2n) is 5.16. The van der Waals surface area contributed by atoms with Crippen molar-refractivity contribution in [1.29, 1.82) is 0 Å². The van der Waals surface area contributed by atoms with E-state index >= 15 is 0 Å². The summed E-state index contributed by atoms with van der Waals surface area (Å²) in [6, 6.07) is 14.5. The summed E-state index contributed by atoms with van der Waals surface area (Å²) in [6.45, 7) is 4.21. The molecule has 3 rings (SSSR count). The van der Waals surface area contributed by atoms with Gasteiger partial charge in [-0.2, -0.15) is 5.10 Å². The molecule has 3 aromatic rings. The van der Waals surface area contributed by atoms with Gasteiger partial charge in [-0.3, -0.25) is 5.10 Å². The first-order valence-electron chi connectivity index (χ1n) is 6.73. The van der Waals surface area contributed by atoms with E-state index in [1.165, 1.54) is 11.1 Å². The van der Waals surface area contributed by atoms with Crippen molar-refractivity contribution in [3.8, 4) is 22.4 Å². The van der Waals surface area contributed by atoms with Gasteiger partial charge in [0.2, 0.25) is 0 Å².